The van der Waals surface area contributed by atoms with Crippen LogP contribution >= 0.6 is 0 Å². The minimum atomic E-state index is -1.11. The van der Waals surface area contributed by atoms with Gasteiger partial charge in [0.25, 0.3) is 11.5 Å². The molecule has 7 nitrogen and oxygen atoms in total. The van der Waals surface area contributed by atoms with Crippen LogP contribution in [0.25, 0.3) is 0 Å². The molecular formula is C15H20N2O5. The molecule has 0 unspecified atom stereocenters. The summed E-state index contributed by atoms with van der Waals surface area (Å²) in [6, 6.07) is 2.96. The number of pyridine rings is 1. The summed E-state index contributed by atoms with van der Waals surface area (Å²) in [5, 5.41) is 8.74. The summed E-state index contributed by atoms with van der Waals surface area (Å²) in [6.07, 6.45) is 5.61. The van der Waals surface area contributed by atoms with E-state index in [9.17, 15) is 14.4 Å². The molecule has 2 rings (SSSR count). The highest BCUT2D eigenvalue weighted by atomic mass is 16.5. The first kappa shape index (κ1) is 16.1. The van der Waals surface area contributed by atoms with Crippen molar-refractivity contribution in [2.75, 3.05) is 19.7 Å². The summed E-state index contributed by atoms with van der Waals surface area (Å²) in [6.45, 7) is 0.808. The lowest BCUT2D eigenvalue weighted by molar-refractivity contribution is -0.138. The fourth-order valence-corrected chi connectivity index (χ4v) is 2.45. The molecule has 0 spiro atoms. The first-order chi connectivity index (χ1) is 10.6. The lowest BCUT2D eigenvalue weighted by atomic mass is 10.2. The first-order valence-electron chi connectivity index (χ1n) is 7.40. The van der Waals surface area contributed by atoms with Gasteiger partial charge in [0, 0.05) is 19.3 Å². The number of carboxylic acid groups (broad SMARTS) is 1. The molecular weight excluding hydrogens is 288 g/mol. The first-order valence-corrected chi connectivity index (χ1v) is 7.40. The number of ether oxygens (including phenoxy) is 1. The highest BCUT2D eigenvalue weighted by molar-refractivity contribution is 5.77. The number of hydrogen-bond acceptors (Lipinski definition) is 4. The van der Waals surface area contributed by atoms with Crippen LogP contribution in [0.1, 0.15) is 25.7 Å². The normalized spacial score (nSPS) is 15.2. The van der Waals surface area contributed by atoms with E-state index in [2.05, 4.69) is 0 Å². The number of aliphatic carboxylic acids is 1. The Labute approximate surface area is 128 Å². The van der Waals surface area contributed by atoms with Crippen molar-refractivity contribution in [3.63, 3.8) is 0 Å². The van der Waals surface area contributed by atoms with Gasteiger partial charge in [-0.2, -0.15) is 0 Å². The van der Waals surface area contributed by atoms with E-state index >= 15 is 0 Å². The van der Waals surface area contributed by atoms with Gasteiger partial charge in [-0.15, -0.1) is 0 Å². The van der Waals surface area contributed by atoms with Crippen LogP contribution in [-0.2, 0) is 16.1 Å². The Kier molecular flexibility index (Phi) is 5.57. The number of nitrogens with zero attached hydrogens (tertiary/aromatic N) is 2. The second-order valence-corrected chi connectivity index (χ2v) is 5.28. The lowest BCUT2D eigenvalue weighted by Crippen LogP contribution is -2.36. The van der Waals surface area contributed by atoms with Gasteiger partial charge < -0.3 is 19.3 Å². The standard InChI is InChI=1S/C15H20N2O5/c18-13(16-7-3-1-2-4-8-16)11-22-12-6-5-9-17(15(12)21)10-14(19)20/h5-6,9H,1-4,7-8,10-11H2,(H,19,20). The predicted molar refractivity (Wildman–Crippen MR) is 78.9 cm³/mol. The molecule has 1 aromatic heterocycles. The van der Waals surface area contributed by atoms with E-state index in [1.165, 1.54) is 18.3 Å². The van der Waals surface area contributed by atoms with E-state index < -0.39 is 18.1 Å². The summed E-state index contributed by atoms with van der Waals surface area (Å²) in [7, 11) is 0. The SMILES string of the molecule is O=C(O)Cn1cccc(OCC(=O)N2CCCCCC2)c1=O. The van der Waals surface area contributed by atoms with Crippen LogP contribution in [0.4, 0.5) is 0 Å². The maximum Gasteiger partial charge on any atom is 0.323 e. The zero-order valence-corrected chi connectivity index (χ0v) is 12.4. The molecule has 120 valence electrons. The third kappa shape index (κ3) is 4.34. The largest absolute Gasteiger partial charge is 0.480 e. The van der Waals surface area contributed by atoms with Crippen LogP contribution in [0.2, 0.25) is 0 Å². The summed E-state index contributed by atoms with van der Waals surface area (Å²) in [5.74, 6) is -1.26. The summed E-state index contributed by atoms with van der Waals surface area (Å²) >= 11 is 0. The number of likely N-dealkylation sites (tertiary alicyclic amines) is 1. The Morgan fingerprint density at radius 3 is 2.50 bits per heavy atom. The van der Waals surface area contributed by atoms with Crippen molar-refractivity contribution in [1.82, 2.24) is 9.47 Å². The number of hydrogen-bond donors (Lipinski definition) is 1. The van der Waals surface area contributed by atoms with E-state index in [1.54, 1.807) is 4.90 Å². The molecule has 0 aromatic carbocycles. The third-order valence-corrected chi connectivity index (χ3v) is 3.60. The van der Waals surface area contributed by atoms with Crippen LogP contribution in [-0.4, -0.2) is 46.1 Å². The minimum Gasteiger partial charge on any atom is -0.480 e. The maximum absolute atomic E-state index is 12.1. The zero-order chi connectivity index (χ0) is 15.9. The van der Waals surface area contributed by atoms with Crippen molar-refractivity contribution in [1.29, 1.82) is 0 Å². The van der Waals surface area contributed by atoms with Gasteiger partial charge >= 0.3 is 5.97 Å². The maximum atomic E-state index is 12.1. The van der Waals surface area contributed by atoms with Crippen LogP contribution < -0.4 is 10.3 Å². The van der Waals surface area contributed by atoms with Crippen LogP contribution in [0.3, 0.4) is 0 Å². The van der Waals surface area contributed by atoms with Gasteiger partial charge in [0.05, 0.1) is 0 Å². The van der Waals surface area contributed by atoms with E-state index in [0.29, 0.717) is 0 Å². The highest BCUT2D eigenvalue weighted by Crippen LogP contribution is 2.10. The molecule has 0 bridgehead atoms. The van der Waals surface area contributed by atoms with Gasteiger partial charge in [-0.3, -0.25) is 14.4 Å². The molecule has 1 aliphatic heterocycles. The molecule has 22 heavy (non-hydrogen) atoms. The van der Waals surface area contributed by atoms with Gasteiger partial charge in [0.2, 0.25) is 0 Å². The summed E-state index contributed by atoms with van der Waals surface area (Å²) in [4.78, 5) is 36.5. The van der Waals surface area contributed by atoms with Crippen molar-refractivity contribution in [3.05, 3.63) is 28.7 Å². The predicted octanol–water partition coefficient (Wildman–Crippen LogP) is 0.714. The molecule has 7 heteroatoms. The molecule has 0 aliphatic carbocycles. The van der Waals surface area contributed by atoms with Gasteiger partial charge in [-0.05, 0) is 25.0 Å². The quantitative estimate of drug-likeness (QED) is 0.865. The Hall–Kier alpha value is -2.31. The smallest absolute Gasteiger partial charge is 0.323 e. The monoisotopic (exact) mass is 308 g/mol. The molecule has 1 amide bonds. The fraction of sp³-hybridized carbons (Fsp3) is 0.533. The van der Waals surface area contributed by atoms with Gasteiger partial charge in [0.1, 0.15) is 6.54 Å². The van der Waals surface area contributed by atoms with Crippen LogP contribution in [0, 0.1) is 0 Å². The zero-order valence-electron chi connectivity index (χ0n) is 12.4. The van der Waals surface area contributed by atoms with Gasteiger partial charge in [0.15, 0.2) is 12.4 Å². The van der Waals surface area contributed by atoms with Crippen LogP contribution in [0.15, 0.2) is 23.1 Å². The van der Waals surface area contributed by atoms with E-state index in [1.807, 2.05) is 0 Å². The van der Waals surface area contributed by atoms with Crippen molar-refractivity contribution < 1.29 is 19.4 Å². The molecule has 1 aromatic rings. The number of aromatic nitrogens is 1. The minimum absolute atomic E-state index is 0.00748. The van der Waals surface area contributed by atoms with Crippen molar-refractivity contribution in [2.24, 2.45) is 0 Å². The van der Waals surface area contributed by atoms with E-state index in [4.69, 9.17) is 9.84 Å². The second-order valence-electron chi connectivity index (χ2n) is 5.28. The third-order valence-electron chi connectivity index (χ3n) is 3.60. The highest BCUT2D eigenvalue weighted by Gasteiger charge is 2.16. The molecule has 1 fully saturated rings. The molecule has 0 radical (unpaired) electrons. The molecule has 0 saturated carbocycles. The van der Waals surface area contributed by atoms with E-state index in [-0.39, 0.29) is 18.3 Å². The van der Waals surface area contributed by atoms with E-state index in [0.717, 1.165) is 43.3 Å². The van der Waals surface area contributed by atoms with Crippen molar-refractivity contribution in [3.8, 4) is 5.75 Å². The number of carbonyl (C=O) groups excluding carboxylic acids is 1. The van der Waals surface area contributed by atoms with Crippen molar-refractivity contribution in [2.45, 2.75) is 32.2 Å². The number of rotatable bonds is 5. The molecule has 1 N–H and O–H groups in total. The van der Waals surface area contributed by atoms with Crippen molar-refractivity contribution >= 4 is 11.9 Å². The average molecular weight is 308 g/mol. The Morgan fingerprint density at radius 2 is 1.86 bits per heavy atom. The van der Waals surface area contributed by atoms with Gasteiger partial charge in [-0.25, -0.2) is 0 Å². The Bertz CT molecular complexity index is 588. The molecule has 1 saturated heterocycles. The topological polar surface area (TPSA) is 88.8 Å². The number of carbonyl (C=O) groups is 2. The lowest BCUT2D eigenvalue weighted by Gasteiger charge is -2.20. The fourth-order valence-electron chi connectivity index (χ4n) is 2.45. The van der Waals surface area contributed by atoms with Gasteiger partial charge in [-0.1, -0.05) is 12.8 Å². The molecule has 2 heterocycles. The van der Waals surface area contributed by atoms with Crippen LogP contribution in [0.5, 0.6) is 5.75 Å². The molecule has 1 aliphatic rings. The number of carboxylic acids is 1. The Morgan fingerprint density at radius 1 is 1.18 bits per heavy atom. The summed E-state index contributed by atoms with van der Waals surface area (Å²) < 4.78 is 6.33. The second kappa shape index (κ2) is 7.63. The summed E-state index contributed by atoms with van der Waals surface area (Å²) in [5.41, 5.74) is -0.548. The average Bonchev–Trinajstić information content (AvgIpc) is 2.76. The molecule has 0 atom stereocenters. The Balaban J connectivity index is 1.97. The number of amides is 1.